The number of para-hydroxylation sites is 1. The third kappa shape index (κ3) is 1.77. The third-order valence-electron chi connectivity index (χ3n) is 2.89. The molecule has 0 N–H and O–H groups in total. The minimum Gasteiger partial charge on any atom is -0.270 e. The van der Waals surface area contributed by atoms with Crippen LogP contribution in [0.3, 0.4) is 0 Å². The van der Waals surface area contributed by atoms with Crippen molar-refractivity contribution in [3.8, 4) is 0 Å². The van der Waals surface area contributed by atoms with Gasteiger partial charge in [-0.3, -0.25) is 9.36 Å². The number of fused-ring (bicyclic) bond motifs is 1. The Hall–Kier alpha value is -1.87. The molecule has 0 saturated carbocycles. The lowest BCUT2D eigenvalue weighted by molar-refractivity contribution is 0.0963. The molecule has 88 valence electrons. The first-order valence-corrected chi connectivity index (χ1v) is 6.42. The standard InChI is InChI=1S/C15H10BrNO/c16-14-10-12-8-4-5-9-13(12)17(14)15(18)11-6-2-1-3-7-11/h1-10H. The first-order valence-electron chi connectivity index (χ1n) is 5.63. The van der Waals surface area contributed by atoms with Crippen LogP contribution in [-0.2, 0) is 0 Å². The summed E-state index contributed by atoms with van der Waals surface area (Å²) in [6.07, 6.45) is 0. The van der Waals surface area contributed by atoms with Crippen molar-refractivity contribution in [3.05, 3.63) is 70.8 Å². The molecule has 3 aromatic rings. The SMILES string of the molecule is O=C(c1ccccc1)n1c(Br)cc2ccccc21. The number of aromatic nitrogens is 1. The molecule has 0 saturated heterocycles. The maximum Gasteiger partial charge on any atom is 0.263 e. The van der Waals surface area contributed by atoms with E-state index >= 15 is 0 Å². The van der Waals surface area contributed by atoms with Gasteiger partial charge in [0.2, 0.25) is 0 Å². The van der Waals surface area contributed by atoms with Crippen molar-refractivity contribution >= 4 is 32.7 Å². The van der Waals surface area contributed by atoms with Crippen molar-refractivity contribution in [2.24, 2.45) is 0 Å². The van der Waals surface area contributed by atoms with Crippen LogP contribution in [0.5, 0.6) is 0 Å². The monoisotopic (exact) mass is 299 g/mol. The zero-order valence-electron chi connectivity index (χ0n) is 9.51. The average molecular weight is 300 g/mol. The zero-order chi connectivity index (χ0) is 12.5. The smallest absolute Gasteiger partial charge is 0.263 e. The highest BCUT2D eigenvalue weighted by Crippen LogP contribution is 2.24. The summed E-state index contributed by atoms with van der Waals surface area (Å²) in [4.78, 5) is 12.5. The third-order valence-corrected chi connectivity index (χ3v) is 3.47. The molecular formula is C15H10BrNO. The fourth-order valence-electron chi connectivity index (χ4n) is 2.04. The number of halogens is 1. The van der Waals surface area contributed by atoms with E-state index in [1.54, 1.807) is 4.57 Å². The van der Waals surface area contributed by atoms with Gasteiger partial charge in [0.25, 0.3) is 5.91 Å². The maximum atomic E-state index is 12.5. The highest BCUT2D eigenvalue weighted by Gasteiger charge is 2.14. The number of rotatable bonds is 1. The Bertz CT molecular complexity index is 716. The first-order chi connectivity index (χ1) is 8.77. The Kier molecular flexibility index (Phi) is 2.76. The van der Waals surface area contributed by atoms with Crippen LogP contribution in [0.2, 0.25) is 0 Å². The Balaban J connectivity index is 2.21. The molecule has 0 aliphatic rings. The molecule has 1 aromatic heterocycles. The molecule has 0 amide bonds. The number of nitrogens with zero attached hydrogens (tertiary/aromatic N) is 1. The van der Waals surface area contributed by atoms with E-state index in [9.17, 15) is 4.79 Å². The summed E-state index contributed by atoms with van der Waals surface area (Å²) < 4.78 is 2.46. The minimum atomic E-state index is -0.0244. The molecular weight excluding hydrogens is 290 g/mol. The van der Waals surface area contributed by atoms with Crippen LogP contribution in [0, 0.1) is 0 Å². The summed E-state index contributed by atoms with van der Waals surface area (Å²) in [5, 5.41) is 1.05. The summed E-state index contributed by atoms with van der Waals surface area (Å²) in [6, 6.07) is 19.1. The minimum absolute atomic E-state index is 0.0244. The number of carbonyl (C=O) groups excluding carboxylic acids is 1. The van der Waals surface area contributed by atoms with Gasteiger partial charge in [0.15, 0.2) is 0 Å². The van der Waals surface area contributed by atoms with Gasteiger partial charge >= 0.3 is 0 Å². The van der Waals surface area contributed by atoms with Crippen LogP contribution in [0.1, 0.15) is 10.4 Å². The van der Waals surface area contributed by atoms with E-state index in [1.807, 2.05) is 60.7 Å². The molecule has 0 fully saturated rings. The van der Waals surface area contributed by atoms with Crippen molar-refractivity contribution in [2.45, 2.75) is 0 Å². The molecule has 0 aliphatic carbocycles. The second-order valence-corrected chi connectivity index (χ2v) is 4.84. The van der Waals surface area contributed by atoms with Crippen LogP contribution >= 0.6 is 15.9 Å². The van der Waals surface area contributed by atoms with Crippen molar-refractivity contribution in [1.29, 1.82) is 0 Å². The van der Waals surface area contributed by atoms with E-state index in [1.165, 1.54) is 0 Å². The fourth-order valence-corrected chi connectivity index (χ4v) is 2.64. The predicted molar refractivity (Wildman–Crippen MR) is 75.8 cm³/mol. The van der Waals surface area contributed by atoms with E-state index in [-0.39, 0.29) is 5.91 Å². The number of carbonyl (C=O) groups is 1. The van der Waals surface area contributed by atoms with Gasteiger partial charge in [0, 0.05) is 10.9 Å². The molecule has 0 atom stereocenters. The van der Waals surface area contributed by atoms with E-state index < -0.39 is 0 Å². The Labute approximate surface area is 113 Å². The molecule has 0 unspecified atom stereocenters. The average Bonchev–Trinajstić information content (AvgIpc) is 2.75. The number of hydrogen-bond acceptors (Lipinski definition) is 1. The molecule has 0 aliphatic heterocycles. The van der Waals surface area contributed by atoms with E-state index in [0.29, 0.717) is 5.56 Å². The molecule has 0 bridgehead atoms. The molecule has 0 radical (unpaired) electrons. The van der Waals surface area contributed by atoms with Crippen LogP contribution in [0.15, 0.2) is 65.3 Å². The van der Waals surface area contributed by atoms with Gasteiger partial charge in [-0.15, -0.1) is 0 Å². The quantitative estimate of drug-likeness (QED) is 0.663. The summed E-state index contributed by atoms with van der Waals surface area (Å²) in [6.45, 7) is 0. The number of hydrogen-bond donors (Lipinski definition) is 0. The number of benzene rings is 2. The van der Waals surface area contributed by atoms with Crippen LogP contribution < -0.4 is 0 Å². The highest BCUT2D eigenvalue weighted by molar-refractivity contribution is 9.10. The fraction of sp³-hybridized carbons (Fsp3) is 0. The lowest BCUT2D eigenvalue weighted by Crippen LogP contribution is -2.11. The zero-order valence-corrected chi connectivity index (χ0v) is 11.1. The van der Waals surface area contributed by atoms with Crippen LogP contribution in [0.25, 0.3) is 10.9 Å². The molecule has 1 heterocycles. The Morgan fingerprint density at radius 3 is 2.39 bits per heavy atom. The van der Waals surface area contributed by atoms with Crippen molar-refractivity contribution in [3.63, 3.8) is 0 Å². The van der Waals surface area contributed by atoms with E-state index in [4.69, 9.17) is 0 Å². The first kappa shape index (κ1) is 11.2. The van der Waals surface area contributed by atoms with Gasteiger partial charge < -0.3 is 0 Å². The normalized spacial score (nSPS) is 10.7. The van der Waals surface area contributed by atoms with Gasteiger partial charge in [0.1, 0.15) is 0 Å². The maximum absolute atomic E-state index is 12.5. The summed E-state index contributed by atoms with van der Waals surface area (Å²) in [5.74, 6) is -0.0244. The topological polar surface area (TPSA) is 22.0 Å². The van der Waals surface area contributed by atoms with Gasteiger partial charge in [-0.1, -0.05) is 36.4 Å². The molecule has 3 rings (SSSR count). The van der Waals surface area contributed by atoms with Crippen LogP contribution in [0.4, 0.5) is 0 Å². The predicted octanol–water partition coefficient (Wildman–Crippen LogP) is 4.09. The summed E-state index contributed by atoms with van der Waals surface area (Å²) in [5.41, 5.74) is 1.60. The molecule has 2 nitrogen and oxygen atoms in total. The Morgan fingerprint density at radius 1 is 0.944 bits per heavy atom. The van der Waals surface area contributed by atoms with Crippen molar-refractivity contribution in [1.82, 2.24) is 4.57 Å². The van der Waals surface area contributed by atoms with E-state index in [0.717, 1.165) is 15.5 Å². The van der Waals surface area contributed by atoms with Gasteiger partial charge in [-0.2, -0.15) is 0 Å². The molecule has 18 heavy (non-hydrogen) atoms. The van der Waals surface area contributed by atoms with Crippen molar-refractivity contribution < 1.29 is 4.79 Å². The van der Waals surface area contributed by atoms with Gasteiger partial charge in [-0.05, 0) is 40.2 Å². The second kappa shape index (κ2) is 4.42. The lowest BCUT2D eigenvalue weighted by atomic mass is 10.2. The highest BCUT2D eigenvalue weighted by atomic mass is 79.9. The van der Waals surface area contributed by atoms with Gasteiger partial charge in [0.05, 0.1) is 10.1 Å². The molecule has 2 aromatic carbocycles. The van der Waals surface area contributed by atoms with Crippen LogP contribution in [-0.4, -0.2) is 10.5 Å². The van der Waals surface area contributed by atoms with Crippen molar-refractivity contribution in [2.75, 3.05) is 0 Å². The second-order valence-electron chi connectivity index (χ2n) is 4.03. The Morgan fingerprint density at radius 2 is 1.61 bits per heavy atom. The van der Waals surface area contributed by atoms with E-state index in [2.05, 4.69) is 15.9 Å². The lowest BCUT2D eigenvalue weighted by Gasteiger charge is -2.05. The van der Waals surface area contributed by atoms with Gasteiger partial charge in [-0.25, -0.2) is 0 Å². The molecule has 3 heteroatoms. The summed E-state index contributed by atoms with van der Waals surface area (Å²) >= 11 is 3.45. The largest absolute Gasteiger partial charge is 0.270 e. The summed E-state index contributed by atoms with van der Waals surface area (Å²) in [7, 11) is 0. The molecule has 0 spiro atoms.